The lowest BCUT2D eigenvalue weighted by Crippen LogP contribution is -2.22. The van der Waals surface area contributed by atoms with E-state index in [0.29, 0.717) is 18.8 Å². The molecule has 0 saturated carbocycles. The molecule has 0 aromatic heterocycles. The van der Waals surface area contributed by atoms with E-state index in [1.807, 2.05) is 44.2 Å². The molecule has 0 spiro atoms. The van der Waals surface area contributed by atoms with Crippen LogP contribution in [-0.2, 0) is 13.0 Å². The maximum absolute atomic E-state index is 14.0. The van der Waals surface area contributed by atoms with Gasteiger partial charge in [-0.1, -0.05) is 43.3 Å². The first-order valence-electron chi connectivity index (χ1n) is 7.32. The minimum atomic E-state index is -0.329. The van der Waals surface area contributed by atoms with Crippen LogP contribution >= 0.6 is 0 Å². The summed E-state index contributed by atoms with van der Waals surface area (Å²) in [6.07, 6.45) is 1.48. The zero-order valence-corrected chi connectivity index (χ0v) is 12.6. The summed E-state index contributed by atoms with van der Waals surface area (Å²) in [7, 11) is 0. The molecule has 0 heterocycles. The number of aryl methyl sites for hydroxylation is 1. The number of benzene rings is 2. The quantitative estimate of drug-likeness (QED) is 0.871. The van der Waals surface area contributed by atoms with Crippen molar-refractivity contribution in [1.82, 2.24) is 0 Å². The molecule has 1 atom stereocenters. The van der Waals surface area contributed by atoms with E-state index in [1.54, 1.807) is 6.07 Å². The van der Waals surface area contributed by atoms with Gasteiger partial charge in [0, 0.05) is 6.04 Å². The second kappa shape index (κ2) is 7.23. The number of hydrogen-bond acceptors (Lipinski definition) is 2. The van der Waals surface area contributed by atoms with Crippen LogP contribution in [0, 0.1) is 12.7 Å². The third-order valence-corrected chi connectivity index (χ3v) is 3.69. The SMILES string of the molecule is CCC(N)Cc1cccc(F)c1OCc1ccccc1C. The smallest absolute Gasteiger partial charge is 0.165 e. The van der Waals surface area contributed by atoms with E-state index in [0.717, 1.165) is 23.1 Å². The van der Waals surface area contributed by atoms with Gasteiger partial charge in [-0.2, -0.15) is 0 Å². The van der Waals surface area contributed by atoms with Gasteiger partial charge in [0.1, 0.15) is 6.61 Å². The molecule has 0 radical (unpaired) electrons. The van der Waals surface area contributed by atoms with Gasteiger partial charge in [0.15, 0.2) is 11.6 Å². The van der Waals surface area contributed by atoms with Crippen LogP contribution < -0.4 is 10.5 Å². The largest absolute Gasteiger partial charge is 0.486 e. The van der Waals surface area contributed by atoms with Crippen molar-refractivity contribution in [1.29, 1.82) is 0 Å². The van der Waals surface area contributed by atoms with E-state index in [-0.39, 0.29) is 11.9 Å². The summed E-state index contributed by atoms with van der Waals surface area (Å²) in [4.78, 5) is 0. The Bertz CT molecular complexity index is 598. The number of ether oxygens (including phenoxy) is 1. The second-order valence-corrected chi connectivity index (χ2v) is 5.32. The molecular weight excluding hydrogens is 265 g/mol. The lowest BCUT2D eigenvalue weighted by molar-refractivity contribution is 0.285. The Morgan fingerprint density at radius 2 is 1.81 bits per heavy atom. The van der Waals surface area contributed by atoms with Crippen molar-refractivity contribution < 1.29 is 9.13 Å². The van der Waals surface area contributed by atoms with Gasteiger partial charge in [-0.15, -0.1) is 0 Å². The average Bonchev–Trinajstić information content (AvgIpc) is 2.48. The molecule has 3 heteroatoms. The number of rotatable bonds is 6. The van der Waals surface area contributed by atoms with E-state index in [9.17, 15) is 4.39 Å². The molecular formula is C18H22FNO. The lowest BCUT2D eigenvalue weighted by Gasteiger charge is -2.15. The summed E-state index contributed by atoms with van der Waals surface area (Å²) in [5.41, 5.74) is 9.01. The first kappa shape index (κ1) is 15.5. The van der Waals surface area contributed by atoms with Crippen LogP contribution in [0.4, 0.5) is 4.39 Å². The number of halogens is 1. The van der Waals surface area contributed by atoms with E-state index in [4.69, 9.17) is 10.5 Å². The Balaban J connectivity index is 2.17. The summed E-state index contributed by atoms with van der Waals surface area (Å²) in [5.74, 6) is -0.00552. The van der Waals surface area contributed by atoms with E-state index in [1.165, 1.54) is 6.07 Å². The van der Waals surface area contributed by atoms with Crippen LogP contribution in [0.1, 0.15) is 30.0 Å². The molecule has 0 fully saturated rings. The predicted molar refractivity (Wildman–Crippen MR) is 83.9 cm³/mol. The van der Waals surface area contributed by atoms with Crippen LogP contribution in [0.2, 0.25) is 0 Å². The summed E-state index contributed by atoms with van der Waals surface area (Å²) >= 11 is 0. The molecule has 0 aliphatic heterocycles. The molecule has 21 heavy (non-hydrogen) atoms. The van der Waals surface area contributed by atoms with Gasteiger partial charge in [-0.25, -0.2) is 4.39 Å². The highest BCUT2D eigenvalue weighted by atomic mass is 19.1. The molecule has 2 nitrogen and oxygen atoms in total. The fraction of sp³-hybridized carbons (Fsp3) is 0.333. The first-order valence-corrected chi connectivity index (χ1v) is 7.32. The molecule has 0 aliphatic rings. The Labute approximate surface area is 125 Å². The van der Waals surface area contributed by atoms with Crippen molar-refractivity contribution in [3.05, 3.63) is 65.0 Å². The van der Waals surface area contributed by atoms with Gasteiger partial charge >= 0.3 is 0 Å². The Morgan fingerprint density at radius 3 is 2.52 bits per heavy atom. The zero-order chi connectivity index (χ0) is 15.2. The van der Waals surface area contributed by atoms with Crippen LogP contribution in [-0.4, -0.2) is 6.04 Å². The molecule has 2 aromatic rings. The summed E-state index contributed by atoms with van der Waals surface area (Å²) in [6.45, 7) is 4.41. The fourth-order valence-electron chi connectivity index (χ4n) is 2.22. The fourth-order valence-corrected chi connectivity index (χ4v) is 2.22. The predicted octanol–water partition coefficient (Wildman–Crippen LogP) is 3.99. The second-order valence-electron chi connectivity index (χ2n) is 5.32. The molecule has 2 N–H and O–H groups in total. The highest BCUT2D eigenvalue weighted by Gasteiger charge is 2.13. The third kappa shape index (κ3) is 4.05. The van der Waals surface area contributed by atoms with Crippen molar-refractivity contribution in [2.45, 2.75) is 39.3 Å². The normalized spacial score (nSPS) is 12.2. The van der Waals surface area contributed by atoms with E-state index >= 15 is 0 Å². The average molecular weight is 287 g/mol. The van der Waals surface area contributed by atoms with E-state index in [2.05, 4.69) is 0 Å². The molecule has 0 aliphatic carbocycles. The van der Waals surface area contributed by atoms with Gasteiger partial charge in [-0.05, 0) is 42.5 Å². The molecule has 2 rings (SSSR count). The number of para-hydroxylation sites is 1. The highest BCUT2D eigenvalue weighted by molar-refractivity contribution is 5.36. The molecule has 112 valence electrons. The van der Waals surface area contributed by atoms with Crippen LogP contribution in [0.3, 0.4) is 0 Å². The van der Waals surface area contributed by atoms with Crippen molar-refractivity contribution in [2.75, 3.05) is 0 Å². The zero-order valence-electron chi connectivity index (χ0n) is 12.6. The van der Waals surface area contributed by atoms with E-state index < -0.39 is 0 Å². The van der Waals surface area contributed by atoms with Crippen LogP contribution in [0.5, 0.6) is 5.75 Å². The number of hydrogen-bond donors (Lipinski definition) is 1. The Morgan fingerprint density at radius 1 is 1.10 bits per heavy atom. The van der Waals surface area contributed by atoms with Gasteiger partial charge in [0.2, 0.25) is 0 Å². The minimum absolute atomic E-state index is 0.0209. The monoisotopic (exact) mass is 287 g/mol. The maximum atomic E-state index is 14.0. The summed E-state index contributed by atoms with van der Waals surface area (Å²) in [5, 5.41) is 0. The molecule has 2 aromatic carbocycles. The van der Waals surface area contributed by atoms with Crippen molar-refractivity contribution in [2.24, 2.45) is 5.73 Å². The first-order chi connectivity index (χ1) is 10.1. The third-order valence-electron chi connectivity index (χ3n) is 3.69. The van der Waals surface area contributed by atoms with Crippen LogP contribution in [0.15, 0.2) is 42.5 Å². The Hall–Kier alpha value is -1.87. The van der Waals surface area contributed by atoms with Crippen molar-refractivity contribution in [3.8, 4) is 5.75 Å². The standard InChI is InChI=1S/C18H22FNO/c1-3-16(20)11-14-9-6-10-17(19)18(14)21-12-15-8-5-4-7-13(15)2/h4-10,16H,3,11-12,20H2,1-2H3. The summed E-state index contributed by atoms with van der Waals surface area (Å²) < 4.78 is 19.8. The van der Waals surface area contributed by atoms with Crippen LogP contribution in [0.25, 0.3) is 0 Å². The summed E-state index contributed by atoms with van der Waals surface area (Å²) in [6, 6.07) is 13.0. The van der Waals surface area contributed by atoms with Gasteiger partial charge in [0.05, 0.1) is 0 Å². The maximum Gasteiger partial charge on any atom is 0.165 e. The number of nitrogens with two attached hydrogens (primary N) is 1. The molecule has 0 saturated heterocycles. The van der Waals surface area contributed by atoms with Crippen molar-refractivity contribution >= 4 is 0 Å². The highest BCUT2D eigenvalue weighted by Crippen LogP contribution is 2.25. The molecule has 0 bridgehead atoms. The topological polar surface area (TPSA) is 35.2 Å². The van der Waals surface area contributed by atoms with Gasteiger partial charge in [0.25, 0.3) is 0 Å². The molecule has 1 unspecified atom stereocenters. The molecule has 0 amide bonds. The van der Waals surface area contributed by atoms with Crippen molar-refractivity contribution in [3.63, 3.8) is 0 Å². The van der Waals surface area contributed by atoms with Gasteiger partial charge in [-0.3, -0.25) is 0 Å². The Kier molecular flexibility index (Phi) is 5.34. The minimum Gasteiger partial charge on any atom is -0.486 e. The van der Waals surface area contributed by atoms with Gasteiger partial charge < -0.3 is 10.5 Å². The lowest BCUT2D eigenvalue weighted by atomic mass is 10.0.